The lowest BCUT2D eigenvalue weighted by molar-refractivity contribution is 0.203. The zero-order valence-corrected chi connectivity index (χ0v) is 15.7. The number of methoxy groups -OCH3 is 1. The number of hydrogen-bond acceptors (Lipinski definition) is 5. The fourth-order valence-electron chi connectivity index (χ4n) is 2.15. The van der Waals surface area contributed by atoms with Gasteiger partial charge in [0.25, 0.3) is 0 Å². The molecule has 1 aromatic rings. The van der Waals surface area contributed by atoms with Crippen LogP contribution in [0.2, 0.25) is 0 Å². The normalized spacial score (nSPS) is 12.0. The summed E-state index contributed by atoms with van der Waals surface area (Å²) in [5.74, 6) is 2.44. The maximum absolute atomic E-state index is 5.01. The van der Waals surface area contributed by atoms with Crippen molar-refractivity contribution in [2.24, 2.45) is 10.9 Å². The maximum Gasteiger partial charge on any atom is 0.191 e. The molecular weight excluding hydrogens is 312 g/mol. The number of aryl methyl sites for hydroxylation is 1. The first-order valence-electron chi connectivity index (χ1n) is 8.01. The molecule has 2 N–H and O–H groups in total. The molecule has 0 amide bonds. The zero-order valence-electron chi connectivity index (χ0n) is 14.9. The fraction of sp³-hybridized carbons (Fsp3) is 0.800. The van der Waals surface area contributed by atoms with Crippen LogP contribution in [-0.4, -0.2) is 60.8 Å². The molecule has 0 aromatic carbocycles. The number of thioether (sulfide) groups is 1. The van der Waals surface area contributed by atoms with E-state index in [4.69, 9.17) is 4.74 Å². The largest absolute Gasteiger partial charge is 0.383 e. The average Bonchev–Trinajstić information content (AvgIpc) is 2.91. The van der Waals surface area contributed by atoms with Crippen LogP contribution in [0.4, 0.5) is 0 Å². The Hall–Kier alpha value is -1.28. The first-order chi connectivity index (χ1) is 11.1. The van der Waals surface area contributed by atoms with Crippen LogP contribution in [-0.2, 0) is 17.7 Å². The smallest absolute Gasteiger partial charge is 0.191 e. The third kappa shape index (κ3) is 7.22. The predicted molar refractivity (Wildman–Crippen MR) is 96.2 cm³/mol. The van der Waals surface area contributed by atoms with Gasteiger partial charge in [-0.2, -0.15) is 0 Å². The summed E-state index contributed by atoms with van der Waals surface area (Å²) in [7, 11) is 3.46. The monoisotopic (exact) mass is 342 g/mol. The molecule has 23 heavy (non-hydrogen) atoms. The number of guanidine groups is 1. The molecule has 0 spiro atoms. The summed E-state index contributed by atoms with van der Waals surface area (Å²) in [6.07, 6.45) is 3.93. The Morgan fingerprint density at radius 3 is 2.65 bits per heavy atom. The molecule has 8 heteroatoms. The predicted octanol–water partition coefficient (Wildman–Crippen LogP) is 1.40. The highest BCUT2D eigenvalue weighted by molar-refractivity contribution is 7.98. The summed E-state index contributed by atoms with van der Waals surface area (Å²) in [6.45, 7) is 7.64. The minimum absolute atomic E-state index is 0.581. The Morgan fingerprint density at radius 2 is 2.04 bits per heavy atom. The van der Waals surface area contributed by atoms with Crippen molar-refractivity contribution in [1.82, 2.24) is 25.4 Å². The highest BCUT2D eigenvalue weighted by atomic mass is 32.2. The SMILES string of the molecule is CN=C(NCCCc1nnc(SC)n1CC(C)C)NCCOC. The van der Waals surface area contributed by atoms with Crippen LogP contribution in [0.5, 0.6) is 0 Å². The van der Waals surface area contributed by atoms with Gasteiger partial charge in [0.1, 0.15) is 5.82 Å². The van der Waals surface area contributed by atoms with E-state index in [9.17, 15) is 0 Å². The van der Waals surface area contributed by atoms with Crippen molar-refractivity contribution in [2.45, 2.75) is 38.4 Å². The number of aromatic nitrogens is 3. The van der Waals surface area contributed by atoms with Gasteiger partial charge in [-0.1, -0.05) is 25.6 Å². The van der Waals surface area contributed by atoms with Crippen molar-refractivity contribution in [3.63, 3.8) is 0 Å². The summed E-state index contributed by atoms with van der Waals surface area (Å²) < 4.78 is 7.25. The Labute approximate surface area is 143 Å². The second-order valence-electron chi connectivity index (χ2n) is 5.63. The third-order valence-corrected chi connectivity index (χ3v) is 3.88. The van der Waals surface area contributed by atoms with Crippen LogP contribution < -0.4 is 10.6 Å². The van der Waals surface area contributed by atoms with E-state index < -0.39 is 0 Å². The van der Waals surface area contributed by atoms with Crippen LogP contribution in [0, 0.1) is 5.92 Å². The van der Waals surface area contributed by atoms with E-state index in [-0.39, 0.29) is 0 Å². The minimum atomic E-state index is 0.581. The molecular formula is C15H30N6OS. The van der Waals surface area contributed by atoms with Gasteiger partial charge in [-0.3, -0.25) is 4.99 Å². The molecule has 0 aliphatic heterocycles. The highest BCUT2D eigenvalue weighted by Crippen LogP contribution is 2.16. The van der Waals surface area contributed by atoms with E-state index in [1.807, 2.05) is 6.26 Å². The molecule has 1 aromatic heterocycles. The lowest BCUT2D eigenvalue weighted by Gasteiger charge is -2.13. The Balaban J connectivity index is 2.42. The first-order valence-corrected chi connectivity index (χ1v) is 9.24. The molecule has 7 nitrogen and oxygen atoms in total. The van der Waals surface area contributed by atoms with Crippen molar-refractivity contribution < 1.29 is 4.74 Å². The van der Waals surface area contributed by atoms with Crippen LogP contribution in [0.15, 0.2) is 10.1 Å². The van der Waals surface area contributed by atoms with Gasteiger partial charge in [0, 0.05) is 40.2 Å². The molecule has 0 saturated carbocycles. The summed E-state index contributed by atoms with van der Waals surface area (Å²) in [4.78, 5) is 4.18. The molecule has 0 aliphatic carbocycles. The Morgan fingerprint density at radius 1 is 1.30 bits per heavy atom. The molecule has 132 valence electrons. The number of ether oxygens (including phenoxy) is 1. The van der Waals surface area contributed by atoms with E-state index in [0.29, 0.717) is 12.5 Å². The number of nitrogens with zero attached hydrogens (tertiary/aromatic N) is 4. The van der Waals surface area contributed by atoms with Gasteiger partial charge in [-0.05, 0) is 18.6 Å². The van der Waals surface area contributed by atoms with Gasteiger partial charge in [-0.15, -0.1) is 10.2 Å². The standard InChI is InChI=1S/C15H30N6OS/c1-12(2)11-21-13(19-20-15(21)23-5)7-6-8-17-14(16-3)18-9-10-22-4/h12H,6-11H2,1-5H3,(H2,16,17,18). The van der Waals surface area contributed by atoms with Crippen LogP contribution in [0.3, 0.4) is 0 Å². The lowest BCUT2D eigenvalue weighted by Crippen LogP contribution is -2.39. The Bertz CT molecular complexity index is 475. The summed E-state index contributed by atoms with van der Waals surface area (Å²) in [5.41, 5.74) is 0. The van der Waals surface area contributed by atoms with Gasteiger partial charge >= 0.3 is 0 Å². The van der Waals surface area contributed by atoms with Gasteiger partial charge in [0.2, 0.25) is 0 Å². The van der Waals surface area contributed by atoms with Crippen LogP contribution in [0.25, 0.3) is 0 Å². The van der Waals surface area contributed by atoms with Crippen molar-refractivity contribution in [3.8, 4) is 0 Å². The molecule has 0 aliphatic rings. The summed E-state index contributed by atoms with van der Waals surface area (Å²) in [5, 5.41) is 16.1. The molecule has 0 radical (unpaired) electrons. The van der Waals surface area contributed by atoms with Gasteiger partial charge in [-0.25, -0.2) is 0 Å². The molecule has 0 saturated heterocycles. The minimum Gasteiger partial charge on any atom is -0.383 e. The number of hydrogen-bond donors (Lipinski definition) is 2. The topological polar surface area (TPSA) is 76.4 Å². The quantitative estimate of drug-likeness (QED) is 0.290. The molecule has 1 heterocycles. The molecule has 0 bridgehead atoms. The molecule has 0 unspecified atom stereocenters. The van der Waals surface area contributed by atoms with E-state index in [1.54, 1.807) is 25.9 Å². The fourth-order valence-corrected chi connectivity index (χ4v) is 2.67. The Kier molecular flexibility index (Phi) is 9.70. The lowest BCUT2D eigenvalue weighted by atomic mass is 10.2. The average molecular weight is 343 g/mol. The first kappa shape index (κ1) is 19.8. The van der Waals surface area contributed by atoms with Crippen molar-refractivity contribution >= 4 is 17.7 Å². The number of nitrogens with one attached hydrogen (secondary N) is 2. The van der Waals surface area contributed by atoms with Crippen LogP contribution >= 0.6 is 11.8 Å². The zero-order chi connectivity index (χ0) is 17.1. The van der Waals surface area contributed by atoms with E-state index in [0.717, 1.165) is 49.4 Å². The molecule has 0 fully saturated rings. The van der Waals surface area contributed by atoms with Crippen molar-refractivity contribution in [1.29, 1.82) is 0 Å². The van der Waals surface area contributed by atoms with E-state index in [1.165, 1.54) is 0 Å². The van der Waals surface area contributed by atoms with E-state index >= 15 is 0 Å². The maximum atomic E-state index is 5.01. The van der Waals surface area contributed by atoms with Crippen LogP contribution in [0.1, 0.15) is 26.1 Å². The second-order valence-corrected chi connectivity index (χ2v) is 6.40. The molecule has 0 atom stereocenters. The third-order valence-electron chi connectivity index (χ3n) is 3.22. The van der Waals surface area contributed by atoms with Crippen molar-refractivity contribution in [3.05, 3.63) is 5.82 Å². The second kappa shape index (κ2) is 11.3. The van der Waals surface area contributed by atoms with E-state index in [2.05, 4.69) is 44.2 Å². The molecule has 1 rings (SSSR count). The summed E-state index contributed by atoms with van der Waals surface area (Å²) >= 11 is 1.65. The van der Waals surface area contributed by atoms with Gasteiger partial charge in [0.15, 0.2) is 11.1 Å². The summed E-state index contributed by atoms with van der Waals surface area (Å²) in [6, 6.07) is 0. The number of rotatable bonds is 10. The van der Waals surface area contributed by atoms with Crippen molar-refractivity contribution in [2.75, 3.05) is 40.1 Å². The number of aliphatic imine (C=N–C) groups is 1. The van der Waals surface area contributed by atoms with Gasteiger partial charge in [0.05, 0.1) is 6.61 Å². The highest BCUT2D eigenvalue weighted by Gasteiger charge is 2.12. The van der Waals surface area contributed by atoms with Gasteiger partial charge < -0.3 is 19.9 Å².